The van der Waals surface area contributed by atoms with Gasteiger partial charge in [-0.05, 0) is 37.1 Å². The number of benzene rings is 1. The van der Waals surface area contributed by atoms with Gasteiger partial charge in [-0.15, -0.1) is 11.8 Å². The van der Waals surface area contributed by atoms with Gasteiger partial charge in [0, 0.05) is 45.0 Å². The second-order valence-corrected chi connectivity index (χ2v) is 8.10. The topological polar surface area (TPSA) is 53.1 Å². The number of methoxy groups -OCH3 is 1. The van der Waals surface area contributed by atoms with Crippen LogP contribution < -0.4 is 4.74 Å². The lowest BCUT2D eigenvalue weighted by molar-refractivity contribution is 0.0569. The summed E-state index contributed by atoms with van der Waals surface area (Å²) in [6.45, 7) is 2.14. The molecule has 0 radical (unpaired) electrons. The second-order valence-electron chi connectivity index (χ2n) is 6.64. The summed E-state index contributed by atoms with van der Waals surface area (Å²) in [5.41, 5.74) is 0.689. The minimum absolute atomic E-state index is 0.0471. The lowest BCUT2D eigenvalue weighted by Crippen LogP contribution is -2.54. The van der Waals surface area contributed by atoms with Crippen LogP contribution in [0.15, 0.2) is 24.3 Å². The number of ether oxygens (including phenoxy) is 1. The van der Waals surface area contributed by atoms with Crippen LogP contribution in [0, 0.1) is 0 Å². The van der Waals surface area contributed by atoms with Crippen molar-refractivity contribution in [1.29, 1.82) is 0 Å². The summed E-state index contributed by atoms with van der Waals surface area (Å²) in [4.78, 5) is 30.5. The van der Waals surface area contributed by atoms with Crippen molar-refractivity contribution in [1.82, 2.24) is 14.7 Å². The predicted octanol–water partition coefficient (Wildman–Crippen LogP) is 2.36. The molecule has 0 saturated carbocycles. The van der Waals surface area contributed by atoms with Gasteiger partial charge in [0.05, 0.1) is 12.0 Å². The lowest BCUT2D eigenvalue weighted by atomic mass is 10.0. The number of hydrogen-bond donors (Lipinski definition) is 0. The van der Waals surface area contributed by atoms with Crippen molar-refractivity contribution in [2.75, 3.05) is 46.6 Å². The zero-order chi connectivity index (χ0) is 18.0. The van der Waals surface area contributed by atoms with E-state index < -0.39 is 0 Å². The number of nitrogens with zero attached hydrogens (tertiary/aromatic N) is 3. The fraction of sp³-hybridized carbons (Fsp3) is 0.556. The maximum atomic E-state index is 13.0. The highest BCUT2D eigenvalue weighted by atomic mass is 32.2. The fourth-order valence-electron chi connectivity index (χ4n) is 3.53. The third kappa shape index (κ3) is 3.42. The number of amides is 3. The van der Waals surface area contributed by atoms with E-state index in [9.17, 15) is 9.59 Å². The molecule has 0 bridgehead atoms. The Morgan fingerprint density at radius 3 is 2.32 bits per heavy atom. The quantitative estimate of drug-likeness (QED) is 0.809. The molecule has 1 spiro atoms. The molecule has 0 N–H and O–H groups in total. The first kappa shape index (κ1) is 17.9. The number of hydrogen-bond acceptors (Lipinski definition) is 4. The first-order valence-corrected chi connectivity index (χ1v) is 9.52. The molecule has 136 valence electrons. The molecular formula is C18H25N3O3S. The molecule has 3 amide bonds. The molecule has 1 aromatic rings. The molecule has 2 heterocycles. The summed E-state index contributed by atoms with van der Waals surface area (Å²) in [6.07, 6.45) is 1.64. The number of thioether (sulfide) groups is 1. The summed E-state index contributed by atoms with van der Waals surface area (Å²) in [5.74, 6) is 1.77. The van der Waals surface area contributed by atoms with Crippen LogP contribution in [0.5, 0.6) is 5.75 Å². The van der Waals surface area contributed by atoms with Crippen LogP contribution in [0.1, 0.15) is 23.2 Å². The average Bonchev–Trinajstić information content (AvgIpc) is 3.04. The second kappa shape index (κ2) is 7.15. The van der Waals surface area contributed by atoms with E-state index in [4.69, 9.17) is 4.74 Å². The monoisotopic (exact) mass is 363 g/mol. The number of carbonyl (C=O) groups excluding carboxylic acids is 2. The Balaban J connectivity index is 1.72. The van der Waals surface area contributed by atoms with E-state index in [-0.39, 0.29) is 16.8 Å². The molecule has 0 atom stereocenters. The maximum Gasteiger partial charge on any atom is 0.319 e. The van der Waals surface area contributed by atoms with Crippen molar-refractivity contribution in [3.05, 3.63) is 29.8 Å². The number of likely N-dealkylation sites (tertiary alicyclic amines) is 1. The van der Waals surface area contributed by atoms with Crippen LogP contribution in [-0.4, -0.2) is 78.1 Å². The molecule has 2 saturated heterocycles. The predicted molar refractivity (Wildman–Crippen MR) is 99.1 cm³/mol. The average molecular weight is 363 g/mol. The molecule has 0 unspecified atom stereocenters. The number of piperidine rings is 1. The molecule has 1 aromatic carbocycles. The van der Waals surface area contributed by atoms with E-state index in [0.717, 1.165) is 30.9 Å². The van der Waals surface area contributed by atoms with Crippen LogP contribution in [0.25, 0.3) is 0 Å². The summed E-state index contributed by atoms with van der Waals surface area (Å²) in [5, 5.41) is 0. The smallest absolute Gasteiger partial charge is 0.319 e. The highest BCUT2D eigenvalue weighted by Gasteiger charge is 2.47. The number of urea groups is 1. The first-order chi connectivity index (χ1) is 12.0. The Bertz CT molecular complexity index is 639. The SMILES string of the molecule is COc1ccc(C(=O)N2CCSC23CCN(C(=O)N(C)C)CC3)cc1. The molecule has 2 aliphatic rings. The van der Waals surface area contributed by atoms with Gasteiger partial charge < -0.3 is 19.4 Å². The largest absolute Gasteiger partial charge is 0.497 e. The van der Waals surface area contributed by atoms with Crippen LogP contribution >= 0.6 is 11.8 Å². The van der Waals surface area contributed by atoms with Crippen molar-refractivity contribution >= 4 is 23.7 Å². The van der Waals surface area contributed by atoms with Crippen molar-refractivity contribution < 1.29 is 14.3 Å². The van der Waals surface area contributed by atoms with Crippen molar-refractivity contribution in [3.8, 4) is 5.75 Å². The van der Waals surface area contributed by atoms with E-state index >= 15 is 0 Å². The van der Waals surface area contributed by atoms with E-state index in [1.54, 1.807) is 26.1 Å². The van der Waals surface area contributed by atoms with Crippen molar-refractivity contribution in [3.63, 3.8) is 0 Å². The Kier molecular flexibility index (Phi) is 5.13. The molecule has 6 nitrogen and oxygen atoms in total. The van der Waals surface area contributed by atoms with Gasteiger partial charge in [0.25, 0.3) is 5.91 Å². The fourth-order valence-corrected chi connectivity index (χ4v) is 4.98. The third-order valence-electron chi connectivity index (χ3n) is 4.96. The van der Waals surface area contributed by atoms with Crippen LogP contribution in [0.4, 0.5) is 4.79 Å². The van der Waals surface area contributed by atoms with Gasteiger partial charge in [0.2, 0.25) is 0 Å². The standard InChI is InChI=1S/C18H25N3O3S/c1-19(2)17(23)20-10-8-18(9-11-20)21(12-13-25-18)16(22)14-4-6-15(24-3)7-5-14/h4-7H,8-13H2,1-3H3. The van der Waals surface area contributed by atoms with Crippen LogP contribution in [-0.2, 0) is 0 Å². The molecule has 2 fully saturated rings. The summed E-state index contributed by atoms with van der Waals surface area (Å²) >= 11 is 1.86. The van der Waals surface area contributed by atoms with Gasteiger partial charge in [-0.2, -0.15) is 0 Å². The third-order valence-corrected chi connectivity index (χ3v) is 6.51. The summed E-state index contributed by atoms with van der Waals surface area (Å²) in [7, 11) is 5.17. The molecular weight excluding hydrogens is 338 g/mol. The highest BCUT2D eigenvalue weighted by Crippen LogP contribution is 2.44. The molecule has 25 heavy (non-hydrogen) atoms. The van der Waals surface area contributed by atoms with Crippen LogP contribution in [0.2, 0.25) is 0 Å². The Labute approximate surface area is 153 Å². The normalized spacial score (nSPS) is 19.2. The molecule has 0 aromatic heterocycles. The van der Waals surface area contributed by atoms with Crippen molar-refractivity contribution in [2.45, 2.75) is 17.7 Å². The van der Waals surface area contributed by atoms with Gasteiger partial charge >= 0.3 is 6.03 Å². The zero-order valence-electron chi connectivity index (χ0n) is 15.0. The van der Waals surface area contributed by atoms with Gasteiger partial charge in [-0.1, -0.05) is 0 Å². The van der Waals surface area contributed by atoms with Crippen LogP contribution in [0.3, 0.4) is 0 Å². The maximum absolute atomic E-state index is 13.0. The summed E-state index contributed by atoms with van der Waals surface area (Å²) in [6, 6.07) is 7.33. The molecule has 0 aliphatic carbocycles. The van der Waals surface area contributed by atoms with E-state index in [1.165, 1.54) is 0 Å². The van der Waals surface area contributed by atoms with Gasteiger partial charge in [0.15, 0.2) is 0 Å². The zero-order valence-corrected chi connectivity index (χ0v) is 15.8. The van der Waals surface area contributed by atoms with E-state index in [2.05, 4.69) is 0 Å². The van der Waals surface area contributed by atoms with Crippen molar-refractivity contribution in [2.24, 2.45) is 0 Å². The lowest BCUT2D eigenvalue weighted by Gasteiger charge is -2.44. The van der Waals surface area contributed by atoms with E-state index in [1.807, 2.05) is 45.8 Å². The first-order valence-electron chi connectivity index (χ1n) is 8.53. The van der Waals surface area contributed by atoms with E-state index in [0.29, 0.717) is 18.7 Å². The highest BCUT2D eigenvalue weighted by molar-refractivity contribution is 8.00. The minimum Gasteiger partial charge on any atom is -0.497 e. The molecule has 2 aliphatic heterocycles. The summed E-state index contributed by atoms with van der Waals surface area (Å²) < 4.78 is 5.17. The van der Waals surface area contributed by atoms with Gasteiger partial charge in [-0.3, -0.25) is 4.79 Å². The molecule has 7 heteroatoms. The Morgan fingerprint density at radius 1 is 1.12 bits per heavy atom. The number of carbonyl (C=O) groups is 2. The number of rotatable bonds is 2. The Hall–Kier alpha value is -1.89. The minimum atomic E-state index is -0.180. The molecule has 3 rings (SSSR count). The van der Waals surface area contributed by atoms with Gasteiger partial charge in [-0.25, -0.2) is 4.79 Å². The van der Waals surface area contributed by atoms with Gasteiger partial charge in [0.1, 0.15) is 5.75 Å². The Morgan fingerprint density at radius 2 is 1.76 bits per heavy atom.